The molecule has 1 saturated carbocycles. The van der Waals surface area contributed by atoms with Gasteiger partial charge in [0.05, 0.1) is 17.3 Å². The first-order valence-corrected chi connectivity index (χ1v) is 8.41. The SMILES string of the molecule is O=C(CNCC1CC1)Nc1ccc(OCc2ccccn2)c(Cl)c1. The molecule has 0 atom stereocenters. The van der Waals surface area contributed by atoms with E-state index < -0.39 is 0 Å². The number of carbonyl (C=O) groups excluding carboxylic acids is 1. The van der Waals surface area contributed by atoms with Gasteiger partial charge >= 0.3 is 0 Å². The van der Waals surface area contributed by atoms with Crippen LogP contribution in [0, 0.1) is 5.92 Å². The molecule has 0 aliphatic heterocycles. The van der Waals surface area contributed by atoms with E-state index in [-0.39, 0.29) is 5.91 Å². The third-order valence-corrected chi connectivity index (χ3v) is 4.03. The third-order valence-electron chi connectivity index (χ3n) is 3.73. The van der Waals surface area contributed by atoms with E-state index in [2.05, 4.69) is 15.6 Å². The number of hydrogen-bond acceptors (Lipinski definition) is 4. The topological polar surface area (TPSA) is 63.2 Å². The highest BCUT2D eigenvalue weighted by Crippen LogP contribution is 2.28. The third kappa shape index (κ3) is 5.22. The quantitative estimate of drug-likeness (QED) is 0.771. The summed E-state index contributed by atoms with van der Waals surface area (Å²) >= 11 is 6.22. The lowest BCUT2D eigenvalue weighted by Crippen LogP contribution is -2.29. The molecule has 1 aromatic carbocycles. The highest BCUT2D eigenvalue weighted by Gasteiger charge is 2.20. The summed E-state index contributed by atoms with van der Waals surface area (Å²) in [6.07, 6.45) is 4.25. The second kappa shape index (κ2) is 8.13. The van der Waals surface area contributed by atoms with Crippen molar-refractivity contribution in [1.29, 1.82) is 0 Å². The smallest absolute Gasteiger partial charge is 0.238 e. The van der Waals surface area contributed by atoms with Crippen LogP contribution < -0.4 is 15.4 Å². The molecule has 0 bridgehead atoms. The monoisotopic (exact) mass is 345 g/mol. The largest absolute Gasteiger partial charge is 0.486 e. The van der Waals surface area contributed by atoms with Gasteiger partial charge in [0, 0.05) is 11.9 Å². The van der Waals surface area contributed by atoms with Gasteiger partial charge in [-0.2, -0.15) is 0 Å². The fourth-order valence-corrected chi connectivity index (χ4v) is 2.48. The van der Waals surface area contributed by atoms with Crippen LogP contribution in [-0.2, 0) is 11.4 Å². The minimum atomic E-state index is -0.0751. The lowest BCUT2D eigenvalue weighted by Gasteiger charge is -2.10. The Hall–Kier alpha value is -2.11. The number of amides is 1. The summed E-state index contributed by atoms with van der Waals surface area (Å²) in [5, 5.41) is 6.43. The molecule has 1 heterocycles. The number of nitrogens with zero attached hydrogens (tertiary/aromatic N) is 1. The fraction of sp³-hybridized carbons (Fsp3) is 0.333. The Bertz CT molecular complexity index is 690. The summed E-state index contributed by atoms with van der Waals surface area (Å²) in [5.74, 6) is 1.24. The molecular weight excluding hydrogens is 326 g/mol. The average molecular weight is 346 g/mol. The lowest BCUT2D eigenvalue weighted by molar-refractivity contribution is -0.115. The van der Waals surface area contributed by atoms with Crippen LogP contribution in [0.4, 0.5) is 5.69 Å². The zero-order valence-electron chi connectivity index (χ0n) is 13.3. The molecule has 1 aliphatic rings. The molecule has 2 N–H and O–H groups in total. The summed E-state index contributed by atoms with van der Waals surface area (Å²) in [6, 6.07) is 10.9. The molecule has 0 saturated heterocycles. The lowest BCUT2D eigenvalue weighted by atomic mass is 10.3. The number of ether oxygens (including phenoxy) is 1. The second-order valence-corrected chi connectivity index (χ2v) is 6.28. The summed E-state index contributed by atoms with van der Waals surface area (Å²) < 4.78 is 5.66. The van der Waals surface area contributed by atoms with Crippen molar-refractivity contribution in [3.63, 3.8) is 0 Å². The zero-order chi connectivity index (χ0) is 16.8. The molecule has 0 unspecified atom stereocenters. The Morgan fingerprint density at radius 2 is 2.17 bits per heavy atom. The Kier molecular flexibility index (Phi) is 5.67. The number of halogens is 1. The van der Waals surface area contributed by atoms with E-state index in [1.807, 2.05) is 18.2 Å². The van der Waals surface area contributed by atoms with Crippen LogP contribution in [0.3, 0.4) is 0 Å². The van der Waals surface area contributed by atoms with E-state index in [1.54, 1.807) is 24.4 Å². The highest BCUT2D eigenvalue weighted by molar-refractivity contribution is 6.32. The van der Waals surface area contributed by atoms with Crippen molar-refractivity contribution in [2.75, 3.05) is 18.4 Å². The maximum Gasteiger partial charge on any atom is 0.238 e. The summed E-state index contributed by atoms with van der Waals surface area (Å²) in [5.41, 5.74) is 1.48. The number of benzene rings is 1. The molecule has 24 heavy (non-hydrogen) atoms. The van der Waals surface area contributed by atoms with Gasteiger partial charge in [-0.05, 0) is 55.6 Å². The van der Waals surface area contributed by atoms with Crippen molar-refractivity contribution in [2.24, 2.45) is 5.92 Å². The summed E-state index contributed by atoms with van der Waals surface area (Å²) in [6.45, 7) is 1.57. The molecule has 3 rings (SSSR count). The van der Waals surface area contributed by atoms with Crippen molar-refractivity contribution in [1.82, 2.24) is 10.3 Å². The van der Waals surface area contributed by atoms with Crippen molar-refractivity contribution >= 4 is 23.2 Å². The molecule has 1 aromatic heterocycles. The number of pyridine rings is 1. The van der Waals surface area contributed by atoms with Crippen molar-refractivity contribution in [3.8, 4) is 5.75 Å². The van der Waals surface area contributed by atoms with E-state index in [0.29, 0.717) is 29.6 Å². The van der Waals surface area contributed by atoms with Crippen LogP contribution >= 0.6 is 11.6 Å². The van der Waals surface area contributed by atoms with Crippen molar-refractivity contribution in [3.05, 3.63) is 53.3 Å². The molecule has 126 valence electrons. The molecule has 0 spiro atoms. The summed E-state index contributed by atoms with van der Waals surface area (Å²) in [4.78, 5) is 16.1. The Morgan fingerprint density at radius 3 is 2.88 bits per heavy atom. The molecule has 5 nitrogen and oxygen atoms in total. The molecule has 2 aromatic rings. The normalized spacial score (nSPS) is 13.5. The molecular formula is C18H20ClN3O2. The molecule has 6 heteroatoms. The second-order valence-electron chi connectivity index (χ2n) is 5.88. The van der Waals surface area contributed by atoms with E-state index in [4.69, 9.17) is 16.3 Å². The number of nitrogens with one attached hydrogen (secondary N) is 2. The molecule has 1 amide bonds. The van der Waals surface area contributed by atoms with Crippen LogP contribution in [0.25, 0.3) is 0 Å². The van der Waals surface area contributed by atoms with Crippen LogP contribution in [0.5, 0.6) is 5.75 Å². The maximum atomic E-state index is 11.9. The first-order chi connectivity index (χ1) is 11.7. The van der Waals surface area contributed by atoms with E-state index >= 15 is 0 Å². The minimum absolute atomic E-state index is 0.0751. The van der Waals surface area contributed by atoms with Gasteiger partial charge in [-0.1, -0.05) is 17.7 Å². The van der Waals surface area contributed by atoms with Gasteiger partial charge in [-0.15, -0.1) is 0 Å². The van der Waals surface area contributed by atoms with Gasteiger partial charge < -0.3 is 15.4 Å². The Balaban J connectivity index is 1.48. The Labute approximate surface area is 146 Å². The van der Waals surface area contributed by atoms with Crippen LogP contribution in [0.1, 0.15) is 18.5 Å². The van der Waals surface area contributed by atoms with Gasteiger partial charge in [0.1, 0.15) is 12.4 Å². The molecule has 0 radical (unpaired) electrons. The van der Waals surface area contributed by atoms with E-state index in [1.165, 1.54) is 12.8 Å². The number of hydrogen-bond donors (Lipinski definition) is 2. The number of anilines is 1. The fourth-order valence-electron chi connectivity index (χ4n) is 2.25. The first kappa shape index (κ1) is 16.7. The number of rotatable bonds is 8. The van der Waals surface area contributed by atoms with Crippen LogP contribution in [-0.4, -0.2) is 24.0 Å². The first-order valence-electron chi connectivity index (χ1n) is 8.03. The van der Waals surface area contributed by atoms with Gasteiger partial charge in [-0.3, -0.25) is 9.78 Å². The van der Waals surface area contributed by atoms with Crippen LogP contribution in [0.2, 0.25) is 5.02 Å². The van der Waals surface area contributed by atoms with Gasteiger partial charge in [0.2, 0.25) is 5.91 Å². The highest BCUT2D eigenvalue weighted by atomic mass is 35.5. The van der Waals surface area contributed by atoms with Crippen molar-refractivity contribution < 1.29 is 9.53 Å². The van der Waals surface area contributed by atoms with Gasteiger partial charge in [0.25, 0.3) is 0 Å². The number of aromatic nitrogens is 1. The van der Waals surface area contributed by atoms with Crippen LogP contribution in [0.15, 0.2) is 42.6 Å². The van der Waals surface area contributed by atoms with E-state index in [9.17, 15) is 4.79 Å². The predicted molar refractivity (Wildman–Crippen MR) is 94.2 cm³/mol. The van der Waals surface area contributed by atoms with E-state index in [0.717, 1.165) is 18.2 Å². The summed E-state index contributed by atoms with van der Waals surface area (Å²) in [7, 11) is 0. The maximum absolute atomic E-state index is 11.9. The van der Waals surface area contributed by atoms with Crippen molar-refractivity contribution in [2.45, 2.75) is 19.4 Å². The predicted octanol–water partition coefficient (Wildman–Crippen LogP) is 3.25. The standard InChI is InChI=1S/C18H20ClN3O2/c19-16-9-14(22-18(23)11-20-10-13-4-5-13)6-7-17(16)24-12-15-3-1-2-8-21-15/h1-3,6-9,13,20H,4-5,10-12H2,(H,22,23). The van der Waals surface area contributed by atoms with Gasteiger partial charge in [0.15, 0.2) is 0 Å². The Morgan fingerprint density at radius 1 is 1.29 bits per heavy atom. The zero-order valence-corrected chi connectivity index (χ0v) is 14.1. The minimum Gasteiger partial charge on any atom is -0.486 e. The van der Waals surface area contributed by atoms with Gasteiger partial charge in [-0.25, -0.2) is 0 Å². The number of carbonyl (C=O) groups is 1. The molecule has 1 aliphatic carbocycles. The molecule has 1 fully saturated rings. The average Bonchev–Trinajstić information content (AvgIpc) is 3.39.